The summed E-state index contributed by atoms with van der Waals surface area (Å²) in [6, 6.07) is 11.1. The van der Waals surface area contributed by atoms with Gasteiger partial charge in [-0.25, -0.2) is 0 Å². The van der Waals surface area contributed by atoms with Crippen LogP contribution >= 0.6 is 15.9 Å². The molecule has 1 heterocycles. The second-order valence-electron chi connectivity index (χ2n) is 4.28. The van der Waals surface area contributed by atoms with E-state index >= 15 is 0 Å². The quantitative estimate of drug-likeness (QED) is 0.840. The Kier molecular flexibility index (Phi) is 5.66. The summed E-state index contributed by atoms with van der Waals surface area (Å²) in [6.07, 6.45) is 4.81. The van der Waals surface area contributed by atoms with Gasteiger partial charge < -0.3 is 10.1 Å². The SMILES string of the molecule is COCc1c(Br)cccc1NC(=O)/C=C/c1ccccn1. The normalized spacial score (nSPS) is 10.8. The summed E-state index contributed by atoms with van der Waals surface area (Å²) in [4.78, 5) is 16.1. The van der Waals surface area contributed by atoms with Crippen LogP contribution in [0, 0.1) is 0 Å². The molecule has 4 nitrogen and oxygen atoms in total. The van der Waals surface area contributed by atoms with Gasteiger partial charge in [0.2, 0.25) is 5.91 Å². The lowest BCUT2D eigenvalue weighted by atomic mass is 10.2. The summed E-state index contributed by atoms with van der Waals surface area (Å²) in [5.74, 6) is -0.212. The molecule has 0 atom stereocenters. The highest BCUT2D eigenvalue weighted by molar-refractivity contribution is 9.10. The Morgan fingerprint density at radius 2 is 2.19 bits per heavy atom. The highest BCUT2D eigenvalue weighted by Crippen LogP contribution is 2.25. The molecule has 2 aromatic rings. The molecule has 108 valence electrons. The Hall–Kier alpha value is -1.98. The largest absolute Gasteiger partial charge is 0.380 e. The number of halogens is 1. The summed E-state index contributed by atoms with van der Waals surface area (Å²) in [6.45, 7) is 0.418. The van der Waals surface area contributed by atoms with E-state index in [1.165, 1.54) is 6.08 Å². The van der Waals surface area contributed by atoms with Gasteiger partial charge in [-0.05, 0) is 30.3 Å². The summed E-state index contributed by atoms with van der Waals surface area (Å²) >= 11 is 3.45. The van der Waals surface area contributed by atoms with Gasteiger partial charge in [-0.2, -0.15) is 0 Å². The van der Waals surface area contributed by atoms with Crippen molar-refractivity contribution in [3.8, 4) is 0 Å². The zero-order valence-electron chi connectivity index (χ0n) is 11.5. The molecule has 1 aromatic heterocycles. The molecule has 0 aliphatic carbocycles. The van der Waals surface area contributed by atoms with Crippen molar-refractivity contribution >= 4 is 33.6 Å². The molecule has 0 bridgehead atoms. The molecule has 0 aliphatic heterocycles. The number of nitrogens with one attached hydrogen (secondary N) is 1. The van der Waals surface area contributed by atoms with E-state index in [-0.39, 0.29) is 5.91 Å². The number of pyridine rings is 1. The number of anilines is 1. The topological polar surface area (TPSA) is 51.2 Å². The van der Waals surface area contributed by atoms with Crippen molar-refractivity contribution in [3.63, 3.8) is 0 Å². The maximum Gasteiger partial charge on any atom is 0.248 e. The van der Waals surface area contributed by atoms with Crippen LogP contribution in [0.3, 0.4) is 0 Å². The predicted molar refractivity (Wildman–Crippen MR) is 86.8 cm³/mol. The smallest absolute Gasteiger partial charge is 0.248 e. The van der Waals surface area contributed by atoms with Crippen molar-refractivity contribution in [2.45, 2.75) is 6.61 Å². The van der Waals surface area contributed by atoms with Gasteiger partial charge in [-0.1, -0.05) is 28.1 Å². The van der Waals surface area contributed by atoms with E-state index < -0.39 is 0 Å². The fourth-order valence-electron chi connectivity index (χ4n) is 1.78. The zero-order valence-corrected chi connectivity index (χ0v) is 13.1. The van der Waals surface area contributed by atoms with Crippen molar-refractivity contribution in [3.05, 3.63) is 64.4 Å². The molecule has 21 heavy (non-hydrogen) atoms. The molecule has 0 fully saturated rings. The number of aromatic nitrogens is 1. The lowest BCUT2D eigenvalue weighted by molar-refractivity contribution is -0.111. The first kappa shape index (κ1) is 15.4. The first-order valence-electron chi connectivity index (χ1n) is 6.37. The van der Waals surface area contributed by atoms with E-state index in [1.807, 2.05) is 36.4 Å². The Morgan fingerprint density at radius 3 is 2.90 bits per heavy atom. The molecule has 0 aliphatic rings. The molecule has 0 saturated heterocycles. The molecule has 0 saturated carbocycles. The Morgan fingerprint density at radius 1 is 1.33 bits per heavy atom. The van der Waals surface area contributed by atoms with Gasteiger partial charge >= 0.3 is 0 Å². The van der Waals surface area contributed by atoms with Gasteiger partial charge in [0.25, 0.3) is 0 Å². The highest BCUT2D eigenvalue weighted by atomic mass is 79.9. The van der Waals surface area contributed by atoms with E-state index in [0.29, 0.717) is 6.61 Å². The van der Waals surface area contributed by atoms with E-state index in [2.05, 4.69) is 26.2 Å². The second-order valence-corrected chi connectivity index (χ2v) is 5.13. The standard InChI is InChI=1S/C16H15BrN2O2/c1-21-11-13-14(17)6-4-7-15(13)19-16(20)9-8-12-5-2-3-10-18-12/h2-10H,11H2,1H3,(H,19,20)/b9-8+. The van der Waals surface area contributed by atoms with Crippen LogP contribution in [-0.2, 0) is 16.1 Å². The van der Waals surface area contributed by atoms with Gasteiger partial charge in [-0.3, -0.25) is 9.78 Å². The van der Waals surface area contributed by atoms with Crippen LogP contribution in [0.25, 0.3) is 6.08 Å². The maximum absolute atomic E-state index is 12.0. The minimum Gasteiger partial charge on any atom is -0.380 e. The second kappa shape index (κ2) is 7.71. The van der Waals surface area contributed by atoms with Crippen molar-refractivity contribution in [2.75, 3.05) is 12.4 Å². The number of amides is 1. The lowest BCUT2D eigenvalue weighted by Crippen LogP contribution is -2.10. The summed E-state index contributed by atoms with van der Waals surface area (Å²) in [5.41, 5.74) is 2.36. The number of methoxy groups -OCH3 is 1. The van der Waals surface area contributed by atoms with Gasteiger partial charge in [0.05, 0.1) is 12.3 Å². The first-order chi connectivity index (χ1) is 10.2. The third-order valence-corrected chi connectivity index (χ3v) is 3.50. The third kappa shape index (κ3) is 4.51. The molecular weight excluding hydrogens is 332 g/mol. The Balaban J connectivity index is 2.09. The average Bonchev–Trinajstić information content (AvgIpc) is 2.50. The number of carbonyl (C=O) groups is 1. The van der Waals surface area contributed by atoms with Crippen LogP contribution in [0.15, 0.2) is 53.1 Å². The van der Waals surface area contributed by atoms with Crippen LogP contribution < -0.4 is 5.32 Å². The van der Waals surface area contributed by atoms with E-state index in [1.54, 1.807) is 19.4 Å². The molecule has 0 radical (unpaired) electrons. The van der Waals surface area contributed by atoms with Crippen LogP contribution in [0.5, 0.6) is 0 Å². The van der Waals surface area contributed by atoms with Crippen LogP contribution in [0.1, 0.15) is 11.3 Å². The fraction of sp³-hybridized carbons (Fsp3) is 0.125. The number of ether oxygens (including phenoxy) is 1. The lowest BCUT2D eigenvalue weighted by Gasteiger charge is -2.11. The average molecular weight is 347 g/mol. The number of benzene rings is 1. The molecule has 0 unspecified atom stereocenters. The minimum absolute atomic E-state index is 0.212. The number of nitrogens with zero attached hydrogens (tertiary/aromatic N) is 1. The molecule has 1 amide bonds. The van der Waals surface area contributed by atoms with Crippen LogP contribution in [0.2, 0.25) is 0 Å². The van der Waals surface area contributed by atoms with Gasteiger partial charge in [-0.15, -0.1) is 0 Å². The van der Waals surface area contributed by atoms with Crippen molar-refractivity contribution < 1.29 is 9.53 Å². The maximum atomic E-state index is 12.0. The molecule has 5 heteroatoms. The number of hydrogen-bond donors (Lipinski definition) is 1. The number of rotatable bonds is 5. The van der Waals surface area contributed by atoms with Gasteiger partial charge in [0.1, 0.15) is 0 Å². The third-order valence-electron chi connectivity index (χ3n) is 2.76. The molecule has 1 aromatic carbocycles. The monoisotopic (exact) mass is 346 g/mol. The fourth-order valence-corrected chi connectivity index (χ4v) is 2.26. The summed E-state index contributed by atoms with van der Waals surface area (Å²) < 4.78 is 6.05. The number of hydrogen-bond acceptors (Lipinski definition) is 3. The highest BCUT2D eigenvalue weighted by Gasteiger charge is 2.08. The van der Waals surface area contributed by atoms with Crippen molar-refractivity contribution in [1.82, 2.24) is 4.98 Å². The predicted octanol–water partition coefficient (Wildman–Crippen LogP) is 3.64. The molecule has 2 rings (SSSR count). The number of carbonyl (C=O) groups excluding carboxylic acids is 1. The van der Waals surface area contributed by atoms with E-state index in [9.17, 15) is 4.79 Å². The Labute approximate surface area is 132 Å². The first-order valence-corrected chi connectivity index (χ1v) is 7.16. The van der Waals surface area contributed by atoms with Gasteiger partial charge in [0.15, 0.2) is 0 Å². The molecular formula is C16H15BrN2O2. The van der Waals surface area contributed by atoms with Crippen molar-refractivity contribution in [2.24, 2.45) is 0 Å². The molecule has 0 spiro atoms. The van der Waals surface area contributed by atoms with E-state index in [4.69, 9.17) is 4.74 Å². The zero-order chi connectivity index (χ0) is 15.1. The van der Waals surface area contributed by atoms with Crippen molar-refractivity contribution in [1.29, 1.82) is 0 Å². The summed E-state index contributed by atoms with van der Waals surface area (Å²) in [7, 11) is 1.62. The van der Waals surface area contributed by atoms with E-state index in [0.717, 1.165) is 21.4 Å². The minimum atomic E-state index is -0.212. The Bertz CT molecular complexity index is 642. The summed E-state index contributed by atoms with van der Waals surface area (Å²) in [5, 5.41) is 2.84. The van der Waals surface area contributed by atoms with Gasteiger partial charge in [0, 0.05) is 35.1 Å². The van der Waals surface area contributed by atoms with Crippen LogP contribution in [0.4, 0.5) is 5.69 Å². The molecule has 1 N–H and O–H groups in total. The van der Waals surface area contributed by atoms with Crippen LogP contribution in [-0.4, -0.2) is 18.0 Å².